The van der Waals surface area contributed by atoms with Crippen LogP contribution in [0, 0.1) is 0 Å². The summed E-state index contributed by atoms with van der Waals surface area (Å²) in [6.07, 6.45) is 3.18. The largest absolute Gasteiger partial charge is 0.468 e. The zero-order valence-corrected chi connectivity index (χ0v) is 17.5. The molecule has 0 spiro atoms. The topological polar surface area (TPSA) is 53.8 Å². The van der Waals surface area contributed by atoms with Crippen molar-refractivity contribution in [1.29, 1.82) is 0 Å². The van der Waals surface area contributed by atoms with E-state index in [2.05, 4.69) is 4.90 Å². The first-order valence-corrected chi connectivity index (χ1v) is 11.5. The summed E-state index contributed by atoms with van der Waals surface area (Å²) in [5.41, 5.74) is 0.687. The van der Waals surface area contributed by atoms with Crippen molar-refractivity contribution in [3.05, 3.63) is 83.8 Å². The first-order chi connectivity index (χ1) is 14.0. The normalized spacial score (nSPS) is 16.0. The Morgan fingerprint density at radius 1 is 0.966 bits per heavy atom. The van der Waals surface area contributed by atoms with Crippen molar-refractivity contribution < 1.29 is 12.8 Å². The molecule has 1 saturated heterocycles. The van der Waals surface area contributed by atoms with E-state index in [1.807, 2.05) is 42.5 Å². The molecule has 7 heteroatoms. The molecule has 152 valence electrons. The van der Waals surface area contributed by atoms with Gasteiger partial charge >= 0.3 is 0 Å². The van der Waals surface area contributed by atoms with Gasteiger partial charge in [-0.05, 0) is 61.4 Å². The van der Waals surface area contributed by atoms with Crippen molar-refractivity contribution in [3.8, 4) is 0 Å². The van der Waals surface area contributed by atoms with Crippen molar-refractivity contribution in [2.45, 2.75) is 30.3 Å². The number of sulfonamides is 1. The number of hydrogen-bond acceptors (Lipinski definition) is 4. The molecule has 2 aromatic carbocycles. The fourth-order valence-electron chi connectivity index (χ4n) is 3.78. The van der Waals surface area contributed by atoms with Gasteiger partial charge in [0, 0.05) is 24.2 Å². The summed E-state index contributed by atoms with van der Waals surface area (Å²) in [4.78, 5) is 2.55. The number of rotatable bonds is 6. The van der Waals surface area contributed by atoms with Crippen molar-refractivity contribution >= 4 is 27.3 Å². The average molecular weight is 431 g/mol. The maximum Gasteiger partial charge on any atom is 0.264 e. The lowest BCUT2D eigenvalue weighted by atomic mass is 10.0. The Kier molecular flexibility index (Phi) is 5.94. The molecule has 0 radical (unpaired) electrons. The van der Waals surface area contributed by atoms with Gasteiger partial charge in [0.25, 0.3) is 10.0 Å². The maximum absolute atomic E-state index is 13.5. The van der Waals surface area contributed by atoms with Crippen molar-refractivity contribution in [2.75, 3.05) is 17.4 Å². The van der Waals surface area contributed by atoms with E-state index in [1.165, 1.54) is 0 Å². The molecule has 1 aliphatic rings. The van der Waals surface area contributed by atoms with Gasteiger partial charge in [0.1, 0.15) is 5.76 Å². The van der Waals surface area contributed by atoms with E-state index >= 15 is 0 Å². The van der Waals surface area contributed by atoms with Crippen LogP contribution in [-0.4, -0.2) is 32.4 Å². The minimum absolute atomic E-state index is 0.106. The molecule has 0 amide bonds. The molecular weight excluding hydrogens is 408 g/mol. The van der Waals surface area contributed by atoms with Gasteiger partial charge in [0.2, 0.25) is 0 Å². The third kappa shape index (κ3) is 4.50. The molecule has 4 rings (SSSR count). The monoisotopic (exact) mass is 430 g/mol. The lowest BCUT2D eigenvalue weighted by Gasteiger charge is -2.38. The summed E-state index contributed by atoms with van der Waals surface area (Å²) in [5.74, 6) is 0.928. The molecule has 0 unspecified atom stereocenters. The van der Waals surface area contributed by atoms with E-state index in [1.54, 1.807) is 34.8 Å². The second-order valence-corrected chi connectivity index (χ2v) is 9.43. The fourth-order valence-corrected chi connectivity index (χ4v) is 5.61. The molecule has 0 atom stereocenters. The van der Waals surface area contributed by atoms with Crippen LogP contribution >= 0.6 is 11.6 Å². The van der Waals surface area contributed by atoms with Gasteiger partial charge in [-0.15, -0.1) is 0 Å². The lowest BCUT2D eigenvalue weighted by molar-refractivity contribution is 0.193. The van der Waals surface area contributed by atoms with Crippen molar-refractivity contribution in [2.24, 2.45) is 0 Å². The third-order valence-electron chi connectivity index (χ3n) is 5.23. The minimum atomic E-state index is -3.70. The molecule has 5 nitrogen and oxygen atoms in total. The summed E-state index contributed by atoms with van der Waals surface area (Å²) in [6, 6.07) is 19.4. The highest BCUT2D eigenvalue weighted by atomic mass is 35.5. The Bertz CT molecular complexity index is 1010. The highest BCUT2D eigenvalue weighted by molar-refractivity contribution is 7.92. The summed E-state index contributed by atoms with van der Waals surface area (Å²) in [6.45, 7) is 2.37. The third-order valence-corrected chi connectivity index (χ3v) is 7.38. The number of para-hydroxylation sites is 1. The molecule has 1 fully saturated rings. The highest BCUT2D eigenvalue weighted by Gasteiger charge is 2.34. The Morgan fingerprint density at radius 2 is 1.66 bits per heavy atom. The Balaban J connectivity index is 1.58. The molecule has 1 aromatic heterocycles. The second kappa shape index (κ2) is 8.61. The van der Waals surface area contributed by atoms with Gasteiger partial charge < -0.3 is 4.42 Å². The SMILES string of the molecule is O=S(=O)(c1ccc(Cl)cc1)N(c1ccccc1)C1CCN(Cc2ccco2)CC1. The lowest BCUT2D eigenvalue weighted by Crippen LogP contribution is -2.47. The summed E-state index contributed by atoms with van der Waals surface area (Å²) in [5, 5.41) is 0.515. The van der Waals surface area contributed by atoms with E-state index in [0.717, 1.165) is 38.2 Å². The van der Waals surface area contributed by atoms with Gasteiger partial charge in [-0.2, -0.15) is 0 Å². The van der Waals surface area contributed by atoms with Gasteiger partial charge in [-0.1, -0.05) is 29.8 Å². The number of nitrogens with zero attached hydrogens (tertiary/aromatic N) is 2. The number of halogens is 1. The van der Waals surface area contributed by atoms with Crippen LogP contribution < -0.4 is 4.31 Å². The molecular formula is C22H23ClN2O3S. The predicted molar refractivity (Wildman–Crippen MR) is 115 cm³/mol. The average Bonchev–Trinajstić information content (AvgIpc) is 3.24. The summed E-state index contributed by atoms with van der Waals surface area (Å²) >= 11 is 5.96. The van der Waals surface area contributed by atoms with Crippen LogP contribution in [0.4, 0.5) is 5.69 Å². The molecule has 0 bridgehead atoms. The Morgan fingerprint density at radius 3 is 2.28 bits per heavy atom. The number of hydrogen-bond donors (Lipinski definition) is 0. The van der Waals surface area contributed by atoms with E-state index in [0.29, 0.717) is 10.7 Å². The van der Waals surface area contributed by atoms with Crippen LogP contribution in [0.1, 0.15) is 18.6 Å². The van der Waals surface area contributed by atoms with Gasteiger partial charge in [-0.3, -0.25) is 9.21 Å². The quantitative estimate of drug-likeness (QED) is 0.564. The Hall–Kier alpha value is -2.28. The molecule has 0 saturated carbocycles. The van der Waals surface area contributed by atoms with Gasteiger partial charge in [0.05, 0.1) is 23.4 Å². The van der Waals surface area contributed by atoms with E-state index in [9.17, 15) is 8.42 Å². The number of furan rings is 1. The summed E-state index contributed by atoms with van der Waals surface area (Å²) < 4.78 is 34.1. The van der Waals surface area contributed by atoms with Crippen LogP contribution in [0.5, 0.6) is 0 Å². The Labute approximate surface area is 176 Å². The van der Waals surface area contributed by atoms with Crippen molar-refractivity contribution in [1.82, 2.24) is 4.90 Å². The van der Waals surface area contributed by atoms with Gasteiger partial charge in [-0.25, -0.2) is 8.42 Å². The highest BCUT2D eigenvalue weighted by Crippen LogP contribution is 2.31. The van der Waals surface area contributed by atoms with Gasteiger partial charge in [0.15, 0.2) is 0 Å². The fraction of sp³-hybridized carbons (Fsp3) is 0.273. The summed E-state index contributed by atoms with van der Waals surface area (Å²) in [7, 11) is -3.70. The maximum atomic E-state index is 13.5. The smallest absolute Gasteiger partial charge is 0.264 e. The first kappa shape index (κ1) is 20.0. The van der Waals surface area contributed by atoms with E-state index in [-0.39, 0.29) is 10.9 Å². The van der Waals surface area contributed by atoms with Crippen LogP contribution in [0.3, 0.4) is 0 Å². The minimum Gasteiger partial charge on any atom is -0.468 e. The zero-order chi connectivity index (χ0) is 20.3. The second-order valence-electron chi connectivity index (χ2n) is 7.18. The molecule has 2 heterocycles. The molecule has 0 aliphatic carbocycles. The standard InChI is InChI=1S/C22H23ClN2O3S/c23-18-8-10-22(11-9-18)29(26,27)25(19-5-2-1-3-6-19)20-12-14-24(15-13-20)17-21-7-4-16-28-21/h1-11,16,20H,12-15,17H2. The molecule has 1 aliphatic heterocycles. The number of piperidine rings is 1. The van der Waals surface area contributed by atoms with Crippen LogP contribution in [-0.2, 0) is 16.6 Å². The number of benzene rings is 2. The van der Waals surface area contributed by atoms with E-state index < -0.39 is 10.0 Å². The number of anilines is 1. The van der Waals surface area contributed by atoms with Crippen molar-refractivity contribution in [3.63, 3.8) is 0 Å². The molecule has 0 N–H and O–H groups in total. The molecule has 3 aromatic rings. The molecule has 29 heavy (non-hydrogen) atoms. The first-order valence-electron chi connectivity index (χ1n) is 9.64. The zero-order valence-electron chi connectivity index (χ0n) is 15.9. The van der Waals surface area contributed by atoms with Crippen LogP contribution in [0.25, 0.3) is 0 Å². The van der Waals surface area contributed by atoms with Crippen LogP contribution in [0.2, 0.25) is 5.02 Å². The van der Waals surface area contributed by atoms with E-state index in [4.69, 9.17) is 16.0 Å². The van der Waals surface area contributed by atoms with Crippen LogP contribution in [0.15, 0.2) is 82.3 Å². The number of likely N-dealkylation sites (tertiary alicyclic amines) is 1. The predicted octanol–water partition coefficient (Wildman–Crippen LogP) is 4.79.